The Morgan fingerprint density at radius 2 is 1.88 bits per heavy atom. The third-order valence-electron chi connectivity index (χ3n) is 7.46. The summed E-state index contributed by atoms with van der Waals surface area (Å²) in [5.41, 5.74) is 4.40. The maximum absolute atomic E-state index is 13.9. The predicted octanol–water partition coefficient (Wildman–Crippen LogP) is 5.71. The Labute approximate surface area is 246 Å². The van der Waals surface area contributed by atoms with Crippen molar-refractivity contribution in [1.29, 1.82) is 0 Å². The van der Waals surface area contributed by atoms with Gasteiger partial charge in [-0.15, -0.1) is 0 Å². The van der Waals surface area contributed by atoms with E-state index in [-0.39, 0.29) is 17.9 Å². The number of ether oxygens (including phenoxy) is 1. The highest BCUT2D eigenvalue weighted by Crippen LogP contribution is 2.33. The number of nitro benzene ring substituents is 1. The number of aryl methyl sites for hydroxylation is 1. The number of esters is 1. The number of carbonyl (C=O) groups excluding carboxylic acids is 1. The molecule has 2 aromatic heterocycles. The summed E-state index contributed by atoms with van der Waals surface area (Å²) in [7, 11) is 0. The lowest BCUT2D eigenvalue weighted by Crippen LogP contribution is -2.39. The molecule has 2 aromatic carbocycles. The molecule has 1 aliphatic heterocycles. The zero-order chi connectivity index (χ0) is 30.3. The molecule has 42 heavy (non-hydrogen) atoms. The van der Waals surface area contributed by atoms with Gasteiger partial charge in [-0.3, -0.25) is 19.5 Å². The molecule has 0 N–H and O–H groups in total. The van der Waals surface area contributed by atoms with Gasteiger partial charge in [0.1, 0.15) is 11.5 Å². The fraction of sp³-hybridized carbons (Fsp3) is 0.281. The second kappa shape index (κ2) is 11.4. The van der Waals surface area contributed by atoms with E-state index in [9.17, 15) is 19.7 Å². The average molecular weight is 586 g/mol. The van der Waals surface area contributed by atoms with Crippen LogP contribution in [0.15, 0.2) is 74.0 Å². The topological polar surface area (TPSA) is 117 Å². The summed E-state index contributed by atoms with van der Waals surface area (Å²) in [5, 5.41) is 11.5. The van der Waals surface area contributed by atoms with Gasteiger partial charge in [-0.2, -0.15) is 0 Å². The van der Waals surface area contributed by atoms with Crippen LogP contribution in [0.4, 0.5) is 5.69 Å². The van der Waals surface area contributed by atoms with Crippen molar-refractivity contribution in [2.45, 2.75) is 53.5 Å². The first-order valence-electron chi connectivity index (χ1n) is 13.7. The number of nitro groups is 1. The molecule has 1 aliphatic rings. The number of thiazole rings is 1. The van der Waals surface area contributed by atoms with Crippen LogP contribution in [0.5, 0.6) is 0 Å². The van der Waals surface area contributed by atoms with Gasteiger partial charge >= 0.3 is 5.97 Å². The summed E-state index contributed by atoms with van der Waals surface area (Å²) in [6.45, 7) is 11.4. The van der Waals surface area contributed by atoms with Crippen molar-refractivity contribution in [3.63, 3.8) is 0 Å². The van der Waals surface area contributed by atoms with Crippen molar-refractivity contribution >= 4 is 29.1 Å². The summed E-state index contributed by atoms with van der Waals surface area (Å²) in [6, 6.07) is 14.0. The smallest absolute Gasteiger partial charge is 0.338 e. The van der Waals surface area contributed by atoms with Crippen molar-refractivity contribution in [1.82, 2.24) is 4.57 Å². The number of allylic oxidation sites excluding steroid dienone is 1. The molecule has 9 nitrogen and oxygen atoms in total. The van der Waals surface area contributed by atoms with E-state index in [0.29, 0.717) is 49.2 Å². The van der Waals surface area contributed by atoms with E-state index in [2.05, 4.69) is 18.8 Å². The Kier molecular flexibility index (Phi) is 7.83. The quantitative estimate of drug-likeness (QED) is 0.156. The van der Waals surface area contributed by atoms with Crippen molar-refractivity contribution in [3.05, 3.63) is 118 Å². The normalized spacial score (nSPS) is 15.1. The lowest BCUT2D eigenvalue weighted by Gasteiger charge is -2.25. The summed E-state index contributed by atoms with van der Waals surface area (Å²) in [5.74, 6) is 0.680. The first kappa shape index (κ1) is 28.9. The molecule has 5 rings (SSSR count). The number of hydrogen-bond donors (Lipinski definition) is 0. The van der Waals surface area contributed by atoms with Crippen LogP contribution < -0.4 is 14.9 Å². The number of benzene rings is 2. The summed E-state index contributed by atoms with van der Waals surface area (Å²) < 4.78 is 13.3. The zero-order valence-corrected chi connectivity index (χ0v) is 25.1. The van der Waals surface area contributed by atoms with E-state index in [1.807, 2.05) is 37.3 Å². The van der Waals surface area contributed by atoms with E-state index < -0.39 is 16.9 Å². The third kappa shape index (κ3) is 5.25. The molecule has 0 bridgehead atoms. The van der Waals surface area contributed by atoms with Gasteiger partial charge in [-0.05, 0) is 68.5 Å². The van der Waals surface area contributed by atoms with E-state index in [1.54, 1.807) is 39.0 Å². The van der Waals surface area contributed by atoms with E-state index >= 15 is 0 Å². The standard InChI is InChI=1S/C32H31N3O6S/c1-7-40-31(37)28-20(6)33-32-34(29(28)22-10-8-21(9-11-22)17(2)3)30(36)27(42-32)16-24-12-13-26(41-24)23-14-18(4)19(5)25(15-23)35(38)39/h8-17,29H,7H2,1-6H3. The third-order valence-corrected chi connectivity index (χ3v) is 8.44. The van der Waals surface area contributed by atoms with Crippen LogP contribution in [-0.2, 0) is 9.53 Å². The highest BCUT2D eigenvalue weighted by atomic mass is 32.1. The molecular formula is C32H31N3O6S. The molecular weight excluding hydrogens is 554 g/mol. The SMILES string of the molecule is CCOC(=O)C1=C(C)N=c2sc(=Cc3ccc(-c4cc(C)c(C)c([N+](=O)[O-])c4)o3)c(=O)n2C1c1ccc(C(C)C)cc1. The van der Waals surface area contributed by atoms with Gasteiger partial charge < -0.3 is 9.15 Å². The Hall–Kier alpha value is -4.57. The monoisotopic (exact) mass is 585 g/mol. The number of nitrogens with zero attached hydrogens (tertiary/aromatic N) is 3. The van der Waals surface area contributed by atoms with Crippen LogP contribution in [0, 0.1) is 24.0 Å². The molecule has 1 atom stereocenters. The van der Waals surface area contributed by atoms with Crippen molar-refractivity contribution < 1.29 is 18.9 Å². The molecule has 216 valence electrons. The number of aromatic nitrogens is 1. The first-order chi connectivity index (χ1) is 20.0. The number of fused-ring (bicyclic) bond motifs is 1. The predicted molar refractivity (Wildman–Crippen MR) is 161 cm³/mol. The van der Waals surface area contributed by atoms with Gasteiger partial charge in [-0.1, -0.05) is 49.4 Å². The van der Waals surface area contributed by atoms with Crippen LogP contribution in [-0.4, -0.2) is 22.1 Å². The lowest BCUT2D eigenvalue weighted by atomic mass is 9.93. The van der Waals surface area contributed by atoms with Gasteiger partial charge in [0, 0.05) is 23.3 Å². The fourth-order valence-corrected chi connectivity index (χ4v) is 6.08. The summed E-state index contributed by atoms with van der Waals surface area (Å²) in [4.78, 5) is 43.2. The Balaban J connectivity index is 1.62. The molecule has 0 saturated carbocycles. The number of rotatable bonds is 7. The highest BCUT2D eigenvalue weighted by molar-refractivity contribution is 7.07. The minimum Gasteiger partial charge on any atom is -0.463 e. The number of hydrogen-bond acceptors (Lipinski definition) is 8. The van der Waals surface area contributed by atoms with Crippen LogP contribution >= 0.6 is 11.3 Å². The second-order valence-electron chi connectivity index (χ2n) is 10.5. The van der Waals surface area contributed by atoms with Crippen LogP contribution in [0.1, 0.15) is 67.7 Å². The molecule has 4 aromatic rings. The lowest BCUT2D eigenvalue weighted by molar-refractivity contribution is -0.385. The van der Waals surface area contributed by atoms with Crippen molar-refractivity contribution in [2.24, 2.45) is 4.99 Å². The first-order valence-corrected chi connectivity index (χ1v) is 14.5. The number of carbonyl (C=O) groups is 1. The van der Waals surface area contributed by atoms with Crippen molar-refractivity contribution in [3.8, 4) is 11.3 Å². The van der Waals surface area contributed by atoms with Crippen LogP contribution in [0.25, 0.3) is 17.4 Å². The molecule has 0 amide bonds. The van der Waals surface area contributed by atoms with E-state index in [0.717, 1.165) is 16.7 Å². The molecule has 10 heteroatoms. The van der Waals surface area contributed by atoms with Gasteiger partial charge in [0.25, 0.3) is 11.2 Å². The van der Waals surface area contributed by atoms with Gasteiger partial charge in [0.15, 0.2) is 4.80 Å². The molecule has 0 aliphatic carbocycles. The number of furan rings is 1. The molecule has 3 heterocycles. The molecule has 0 spiro atoms. The summed E-state index contributed by atoms with van der Waals surface area (Å²) >= 11 is 1.20. The Morgan fingerprint density at radius 3 is 2.52 bits per heavy atom. The molecule has 0 fully saturated rings. The van der Waals surface area contributed by atoms with Gasteiger partial charge in [0.05, 0.1) is 33.4 Å². The minimum atomic E-state index is -0.702. The maximum Gasteiger partial charge on any atom is 0.338 e. The van der Waals surface area contributed by atoms with E-state index in [1.165, 1.54) is 22.0 Å². The zero-order valence-electron chi connectivity index (χ0n) is 24.3. The van der Waals surface area contributed by atoms with Crippen molar-refractivity contribution in [2.75, 3.05) is 6.61 Å². The fourth-order valence-electron chi connectivity index (χ4n) is 5.06. The van der Waals surface area contributed by atoms with E-state index in [4.69, 9.17) is 9.15 Å². The highest BCUT2D eigenvalue weighted by Gasteiger charge is 2.33. The Morgan fingerprint density at radius 1 is 1.17 bits per heavy atom. The minimum absolute atomic E-state index is 0.0189. The molecule has 1 unspecified atom stereocenters. The summed E-state index contributed by atoms with van der Waals surface area (Å²) in [6.07, 6.45) is 1.63. The average Bonchev–Trinajstić information content (AvgIpc) is 3.53. The Bertz CT molecular complexity index is 1930. The van der Waals surface area contributed by atoms with Crippen LogP contribution in [0.2, 0.25) is 0 Å². The van der Waals surface area contributed by atoms with Crippen LogP contribution in [0.3, 0.4) is 0 Å². The molecule has 0 saturated heterocycles. The maximum atomic E-state index is 13.9. The van der Waals surface area contributed by atoms with Gasteiger partial charge in [-0.25, -0.2) is 9.79 Å². The van der Waals surface area contributed by atoms with Gasteiger partial charge in [0.2, 0.25) is 0 Å². The molecule has 0 radical (unpaired) electrons. The largest absolute Gasteiger partial charge is 0.463 e. The second-order valence-corrected chi connectivity index (χ2v) is 11.5.